The van der Waals surface area contributed by atoms with E-state index in [0.29, 0.717) is 14.5 Å². The molecule has 4 heteroatoms. The third-order valence-electron chi connectivity index (χ3n) is 7.70. The summed E-state index contributed by atoms with van der Waals surface area (Å²) in [7, 11) is 0. The molecule has 3 nitrogen and oxygen atoms in total. The van der Waals surface area contributed by atoms with Crippen molar-refractivity contribution in [2.45, 2.75) is 47.1 Å². The molecule has 40 heavy (non-hydrogen) atoms. The molecule has 2 heterocycles. The normalized spacial score (nSPS) is 18.5. The van der Waals surface area contributed by atoms with Gasteiger partial charge in [0.05, 0.1) is 0 Å². The molecule has 0 atom stereocenters. The predicted octanol–water partition coefficient (Wildman–Crippen LogP) is 8.32. The van der Waals surface area contributed by atoms with Crippen molar-refractivity contribution in [2.75, 3.05) is 11.4 Å². The van der Waals surface area contributed by atoms with Gasteiger partial charge in [-0.2, -0.15) is 0 Å². The van der Waals surface area contributed by atoms with Gasteiger partial charge < -0.3 is 0 Å². The van der Waals surface area contributed by atoms with E-state index in [0.717, 1.165) is 43.3 Å². The molecule has 0 spiro atoms. The van der Waals surface area contributed by atoms with Crippen LogP contribution in [-0.2, 0) is 6.54 Å². The van der Waals surface area contributed by atoms with Gasteiger partial charge in [0.15, 0.2) is 0 Å². The van der Waals surface area contributed by atoms with E-state index in [2.05, 4.69) is 140 Å². The van der Waals surface area contributed by atoms with Crippen LogP contribution in [0.15, 0.2) is 114 Å². The number of ether oxygens (including phenoxy) is 1. The average molecular weight is 593 g/mol. The van der Waals surface area contributed by atoms with Crippen LogP contribution in [0.1, 0.15) is 45.1 Å². The molecule has 0 radical (unpaired) electrons. The molecule has 3 aromatic carbocycles. The van der Waals surface area contributed by atoms with E-state index in [1.807, 2.05) is 0 Å². The molecule has 1 aromatic heterocycles. The molecule has 0 unspecified atom stereocenters. The minimum atomic E-state index is 0.229. The summed E-state index contributed by atoms with van der Waals surface area (Å²) in [6.45, 7) is 11.1. The van der Waals surface area contributed by atoms with E-state index in [4.69, 9.17) is 4.74 Å². The summed E-state index contributed by atoms with van der Waals surface area (Å²) in [5.41, 5.74) is 7.97. The summed E-state index contributed by atoms with van der Waals surface area (Å²) in [5.74, 6) is 1.80. The van der Waals surface area contributed by atoms with E-state index in [-0.39, 0.29) is 5.41 Å². The van der Waals surface area contributed by atoms with Crippen LogP contribution in [0.2, 0.25) is 0 Å². The zero-order chi connectivity index (χ0) is 27.7. The Balaban J connectivity index is 1.26. The van der Waals surface area contributed by atoms with Crippen LogP contribution < -0.4 is 14.2 Å². The summed E-state index contributed by atoms with van der Waals surface area (Å²) in [4.78, 5) is 2.26. The topological polar surface area (TPSA) is 16.4 Å². The van der Waals surface area contributed by atoms with Crippen LogP contribution in [0, 0.1) is 5.41 Å². The van der Waals surface area contributed by atoms with Crippen molar-refractivity contribution in [1.29, 1.82) is 0 Å². The van der Waals surface area contributed by atoms with E-state index in [9.17, 15) is 0 Å². The quantitative estimate of drug-likeness (QED) is 0.165. The second-order valence-corrected chi connectivity index (χ2v) is 13.6. The zero-order valence-electron chi connectivity index (χ0n) is 23.9. The van der Waals surface area contributed by atoms with Gasteiger partial charge in [-0.15, -0.1) is 0 Å². The first-order chi connectivity index (χ1) is 19.4. The van der Waals surface area contributed by atoms with Gasteiger partial charge in [0, 0.05) is 0 Å². The number of aryl methyl sites for hydroxylation is 1. The first-order valence-electron chi connectivity index (χ1n) is 14.3. The van der Waals surface area contributed by atoms with Crippen LogP contribution in [0.4, 0.5) is 5.69 Å². The summed E-state index contributed by atoms with van der Waals surface area (Å²) >= 11 is 0.355. The molecule has 1 aliphatic heterocycles. The number of rotatable bonds is 6. The Hall–Kier alpha value is -3.59. The third-order valence-corrected chi connectivity index (χ3v) is 10.0. The van der Waals surface area contributed by atoms with E-state index in [1.54, 1.807) is 0 Å². The Bertz CT molecular complexity index is 1670. The number of para-hydroxylation sites is 1. The van der Waals surface area contributed by atoms with Gasteiger partial charge in [0.25, 0.3) is 0 Å². The number of hydrogen-bond acceptors (Lipinski definition) is 2. The molecule has 0 bridgehead atoms. The van der Waals surface area contributed by atoms with Gasteiger partial charge in [-0.1, -0.05) is 36.4 Å². The van der Waals surface area contributed by atoms with Crippen molar-refractivity contribution in [3.05, 3.63) is 119 Å². The monoisotopic (exact) mass is 593 g/mol. The molecule has 0 amide bonds. The van der Waals surface area contributed by atoms with Crippen LogP contribution in [0.5, 0.6) is 5.75 Å². The second kappa shape index (κ2) is 11.1. The molecule has 0 fully saturated rings. The first kappa shape index (κ1) is 26.6. The number of nitrogens with zero attached hydrogens (tertiary/aromatic N) is 2. The molecule has 0 saturated heterocycles. The Morgan fingerprint density at radius 2 is 1.75 bits per heavy atom. The van der Waals surface area contributed by atoms with Crippen molar-refractivity contribution >= 4 is 36.0 Å². The molecule has 0 saturated carbocycles. The fourth-order valence-electron chi connectivity index (χ4n) is 5.97. The van der Waals surface area contributed by atoms with E-state index >= 15 is 0 Å². The molecular weight excluding hydrogens is 555 g/mol. The maximum absolute atomic E-state index is 6.29. The first-order valence-corrected chi connectivity index (χ1v) is 16.0. The van der Waals surface area contributed by atoms with Crippen LogP contribution in [0.25, 0.3) is 27.0 Å². The summed E-state index contributed by atoms with van der Waals surface area (Å²) < 4.78 is 11.7. The number of aromatic nitrogens is 1. The van der Waals surface area contributed by atoms with Gasteiger partial charge in [-0.25, -0.2) is 0 Å². The van der Waals surface area contributed by atoms with Gasteiger partial charge in [-0.3, -0.25) is 0 Å². The molecule has 4 aromatic rings. The fraction of sp³-hybridized carbons (Fsp3) is 0.250. The van der Waals surface area contributed by atoms with Crippen molar-refractivity contribution in [2.24, 2.45) is 5.41 Å². The fourth-order valence-corrected chi connectivity index (χ4v) is 8.49. The molecule has 202 valence electrons. The van der Waals surface area contributed by atoms with Crippen LogP contribution in [0.3, 0.4) is 0 Å². The van der Waals surface area contributed by atoms with Gasteiger partial charge in [-0.05, 0) is 11.1 Å². The van der Waals surface area contributed by atoms with Gasteiger partial charge in [0.2, 0.25) is 0 Å². The summed E-state index contributed by atoms with van der Waals surface area (Å²) in [6.07, 6.45) is 13.6. The number of allylic oxidation sites excluding steroid dienone is 6. The molecule has 6 rings (SSSR count). The Labute approximate surface area is 244 Å². The molecule has 1 aliphatic carbocycles. The summed E-state index contributed by atoms with van der Waals surface area (Å²) in [6, 6.07) is 25.9. The van der Waals surface area contributed by atoms with Gasteiger partial charge >= 0.3 is 197 Å². The minimum absolute atomic E-state index is 0.229. The SMILES string of the molecule is CCN1C(=CC=CC2=CC(=Cc3[se]c4ccccc4[n+]3CC)CC(C)(C)C2)Oc2ccc(-c3ccccc3)cc21. The zero-order valence-corrected chi connectivity index (χ0v) is 25.6. The summed E-state index contributed by atoms with van der Waals surface area (Å²) in [5, 5.41) is 0. The number of anilines is 1. The second-order valence-electron chi connectivity index (χ2n) is 11.4. The Morgan fingerprint density at radius 3 is 2.55 bits per heavy atom. The number of benzene rings is 3. The van der Waals surface area contributed by atoms with Crippen molar-refractivity contribution in [3.8, 4) is 16.9 Å². The van der Waals surface area contributed by atoms with Crippen molar-refractivity contribution < 1.29 is 9.30 Å². The number of hydrogen-bond donors (Lipinski definition) is 0. The van der Waals surface area contributed by atoms with Crippen LogP contribution in [-0.4, -0.2) is 21.0 Å². The molecule has 0 N–H and O–H groups in total. The third kappa shape index (κ3) is 5.39. The Morgan fingerprint density at radius 1 is 0.950 bits per heavy atom. The maximum atomic E-state index is 6.29. The van der Waals surface area contributed by atoms with Crippen molar-refractivity contribution in [1.82, 2.24) is 0 Å². The molecular formula is C36H37N2OSe+. The van der Waals surface area contributed by atoms with Gasteiger partial charge in [0.1, 0.15) is 0 Å². The van der Waals surface area contributed by atoms with E-state index in [1.165, 1.54) is 36.6 Å². The standard InChI is InChI=1S/C36H37N2OSe/c1-5-37-31-23-29(28-14-8-7-9-15-28)19-20-32(31)39-34(37)18-12-13-26-21-27(25-36(3,4)24-26)22-35-38(6-2)30-16-10-11-17-33(30)40-35/h7-23H,5-6,24-25H2,1-4H3/q+1. The number of fused-ring (bicyclic) bond motifs is 2. The Kier molecular flexibility index (Phi) is 7.40. The van der Waals surface area contributed by atoms with Crippen molar-refractivity contribution in [3.63, 3.8) is 0 Å². The molecule has 2 aliphatic rings. The average Bonchev–Trinajstić information content (AvgIpc) is 3.48. The predicted molar refractivity (Wildman–Crippen MR) is 169 cm³/mol. The van der Waals surface area contributed by atoms with Crippen LogP contribution >= 0.6 is 0 Å². The van der Waals surface area contributed by atoms with E-state index < -0.39 is 0 Å².